The Morgan fingerprint density at radius 2 is 2.11 bits per heavy atom. The first-order valence-corrected chi connectivity index (χ1v) is 6.15. The third kappa shape index (κ3) is 2.33. The molecule has 2 rings (SSSR count). The number of hydrogen-bond acceptors (Lipinski definition) is 2. The van der Waals surface area contributed by atoms with Crippen LogP contribution in [0, 0.1) is 18.2 Å². The van der Waals surface area contributed by atoms with Gasteiger partial charge in [0, 0.05) is 29.9 Å². The zero-order valence-corrected chi connectivity index (χ0v) is 11.1. The standard InChI is InChI=1S/C14H19FN2O/c1-9-11(15)6-10(7-12(9)16)13(18)17-5-4-14(2,3)8-17/h6-7H,4-5,8,16H2,1-3H3. The van der Waals surface area contributed by atoms with Gasteiger partial charge in [-0.05, 0) is 30.9 Å². The van der Waals surface area contributed by atoms with Gasteiger partial charge in [0.25, 0.3) is 5.91 Å². The van der Waals surface area contributed by atoms with Crippen LogP contribution in [0.1, 0.15) is 36.2 Å². The molecule has 3 nitrogen and oxygen atoms in total. The van der Waals surface area contributed by atoms with Gasteiger partial charge in [-0.25, -0.2) is 4.39 Å². The molecule has 1 aliphatic heterocycles. The van der Waals surface area contributed by atoms with E-state index in [0.29, 0.717) is 23.4 Å². The predicted molar refractivity (Wildman–Crippen MR) is 69.9 cm³/mol. The molecule has 0 unspecified atom stereocenters. The number of carbonyl (C=O) groups is 1. The van der Waals surface area contributed by atoms with Crippen molar-refractivity contribution in [3.8, 4) is 0 Å². The summed E-state index contributed by atoms with van der Waals surface area (Å²) in [6.07, 6.45) is 0.975. The highest BCUT2D eigenvalue weighted by Crippen LogP contribution is 2.30. The molecule has 1 fully saturated rings. The number of amides is 1. The number of anilines is 1. The topological polar surface area (TPSA) is 46.3 Å². The molecule has 4 heteroatoms. The number of benzene rings is 1. The van der Waals surface area contributed by atoms with Gasteiger partial charge in [-0.1, -0.05) is 13.8 Å². The molecule has 18 heavy (non-hydrogen) atoms. The summed E-state index contributed by atoms with van der Waals surface area (Å²) < 4.78 is 13.6. The number of nitrogens with two attached hydrogens (primary N) is 1. The Balaban J connectivity index is 2.25. The highest BCUT2D eigenvalue weighted by atomic mass is 19.1. The number of carbonyl (C=O) groups excluding carboxylic acids is 1. The Kier molecular flexibility index (Phi) is 3.05. The van der Waals surface area contributed by atoms with Gasteiger partial charge in [0.15, 0.2) is 0 Å². The van der Waals surface area contributed by atoms with Gasteiger partial charge >= 0.3 is 0 Å². The number of nitrogen functional groups attached to an aromatic ring is 1. The number of nitrogens with zero attached hydrogens (tertiary/aromatic N) is 1. The number of rotatable bonds is 1. The first-order valence-electron chi connectivity index (χ1n) is 6.15. The van der Waals surface area contributed by atoms with Gasteiger partial charge in [-0.2, -0.15) is 0 Å². The second-order valence-corrected chi connectivity index (χ2v) is 5.81. The number of likely N-dealkylation sites (tertiary alicyclic amines) is 1. The van der Waals surface area contributed by atoms with Crippen LogP contribution in [-0.4, -0.2) is 23.9 Å². The summed E-state index contributed by atoms with van der Waals surface area (Å²) in [6.45, 7) is 7.30. The summed E-state index contributed by atoms with van der Waals surface area (Å²) in [5, 5.41) is 0. The first kappa shape index (κ1) is 12.9. The van der Waals surface area contributed by atoms with Crippen molar-refractivity contribution >= 4 is 11.6 Å². The lowest BCUT2D eigenvalue weighted by Gasteiger charge is -2.20. The zero-order valence-electron chi connectivity index (χ0n) is 11.1. The quantitative estimate of drug-likeness (QED) is 0.779. The molecular weight excluding hydrogens is 231 g/mol. The lowest BCUT2D eigenvalue weighted by atomic mass is 9.93. The van der Waals surface area contributed by atoms with Crippen molar-refractivity contribution in [3.05, 3.63) is 29.1 Å². The molecule has 1 amide bonds. The van der Waals surface area contributed by atoms with E-state index in [1.54, 1.807) is 17.9 Å². The Morgan fingerprint density at radius 3 is 2.61 bits per heavy atom. The van der Waals surface area contributed by atoms with Gasteiger partial charge < -0.3 is 10.6 Å². The minimum atomic E-state index is -0.420. The molecule has 0 bridgehead atoms. The minimum absolute atomic E-state index is 0.133. The van der Waals surface area contributed by atoms with Crippen LogP contribution in [0.3, 0.4) is 0 Å². The Labute approximate surface area is 107 Å². The van der Waals surface area contributed by atoms with Crippen molar-refractivity contribution in [2.45, 2.75) is 27.2 Å². The fourth-order valence-electron chi connectivity index (χ4n) is 2.29. The smallest absolute Gasteiger partial charge is 0.254 e. The molecule has 0 radical (unpaired) electrons. The summed E-state index contributed by atoms with van der Waals surface area (Å²) in [4.78, 5) is 14.0. The summed E-state index contributed by atoms with van der Waals surface area (Å²) in [7, 11) is 0. The molecule has 0 aromatic heterocycles. The SMILES string of the molecule is Cc1c(N)cc(C(=O)N2CCC(C)(C)C2)cc1F. The van der Waals surface area contributed by atoms with Crippen molar-refractivity contribution in [1.29, 1.82) is 0 Å². The highest BCUT2D eigenvalue weighted by molar-refractivity contribution is 5.95. The van der Waals surface area contributed by atoms with E-state index >= 15 is 0 Å². The van der Waals surface area contributed by atoms with E-state index in [1.165, 1.54) is 6.07 Å². The summed E-state index contributed by atoms with van der Waals surface area (Å²) in [6, 6.07) is 2.84. The molecule has 0 spiro atoms. The fraction of sp³-hybridized carbons (Fsp3) is 0.500. The van der Waals surface area contributed by atoms with Gasteiger partial charge in [0.2, 0.25) is 0 Å². The Hall–Kier alpha value is -1.58. The van der Waals surface area contributed by atoms with Crippen LogP contribution in [0.5, 0.6) is 0 Å². The van der Waals surface area contributed by atoms with Crippen LogP contribution in [0.25, 0.3) is 0 Å². The van der Waals surface area contributed by atoms with Crippen LogP contribution in [0.15, 0.2) is 12.1 Å². The predicted octanol–water partition coefficient (Wildman–Crippen LogP) is 2.59. The Bertz CT molecular complexity index is 474. The van der Waals surface area contributed by atoms with E-state index in [1.807, 2.05) is 0 Å². The van der Waals surface area contributed by atoms with Gasteiger partial charge in [-0.15, -0.1) is 0 Å². The van der Waals surface area contributed by atoms with Gasteiger partial charge in [-0.3, -0.25) is 4.79 Å². The normalized spacial score (nSPS) is 18.1. The van der Waals surface area contributed by atoms with Crippen LogP contribution in [-0.2, 0) is 0 Å². The van der Waals surface area contributed by atoms with Gasteiger partial charge in [0.1, 0.15) is 5.82 Å². The number of halogens is 1. The fourth-order valence-corrected chi connectivity index (χ4v) is 2.29. The number of hydrogen-bond donors (Lipinski definition) is 1. The van der Waals surface area contributed by atoms with E-state index in [2.05, 4.69) is 13.8 Å². The lowest BCUT2D eigenvalue weighted by Crippen LogP contribution is -2.30. The van der Waals surface area contributed by atoms with E-state index in [-0.39, 0.29) is 11.3 Å². The lowest BCUT2D eigenvalue weighted by molar-refractivity contribution is 0.0778. The van der Waals surface area contributed by atoms with Crippen LogP contribution in [0.4, 0.5) is 10.1 Å². The molecule has 1 saturated heterocycles. The molecule has 1 aromatic rings. The highest BCUT2D eigenvalue weighted by Gasteiger charge is 2.32. The van der Waals surface area contributed by atoms with E-state index < -0.39 is 5.82 Å². The molecular formula is C14H19FN2O. The van der Waals surface area contributed by atoms with Crippen molar-refractivity contribution in [2.75, 3.05) is 18.8 Å². The maximum atomic E-state index is 13.6. The maximum absolute atomic E-state index is 13.6. The van der Waals surface area contributed by atoms with Crippen LogP contribution in [0.2, 0.25) is 0 Å². The first-order chi connectivity index (χ1) is 8.30. The molecule has 0 aliphatic carbocycles. The van der Waals surface area contributed by atoms with E-state index in [0.717, 1.165) is 13.0 Å². The van der Waals surface area contributed by atoms with Gasteiger partial charge in [0.05, 0.1) is 0 Å². The molecule has 0 atom stereocenters. The molecule has 0 saturated carbocycles. The molecule has 1 aromatic carbocycles. The molecule has 2 N–H and O–H groups in total. The monoisotopic (exact) mass is 250 g/mol. The minimum Gasteiger partial charge on any atom is -0.398 e. The average Bonchev–Trinajstić information content (AvgIpc) is 2.65. The van der Waals surface area contributed by atoms with Crippen molar-refractivity contribution in [1.82, 2.24) is 4.90 Å². The third-order valence-electron chi connectivity index (χ3n) is 3.60. The Morgan fingerprint density at radius 1 is 1.44 bits per heavy atom. The summed E-state index contributed by atoms with van der Waals surface area (Å²) in [5.74, 6) is -0.553. The second-order valence-electron chi connectivity index (χ2n) is 5.81. The largest absolute Gasteiger partial charge is 0.398 e. The van der Waals surface area contributed by atoms with E-state index in [9.17, 15) is 9.18 Å². The third-order valence-corrected chi connectivity index (χ3v) is 3.60. The molecule has 1 aliphatic rings. The molecule has 98 valence electrons. The van der Waals surface area contributed by atoms with Crippen molar-refractivity contribution in [3.63, 3.8) is 0 Å². The van der Waals surface area contributed by atoms with Crippen LogP contribution >= 0.6 is 0 Å². The molecule has 1 heterocycles. The van der Waals surface area contributed by atoms with Crippen LogP contribution < -0.4 is 5.73 Å². The summed E-state index contributed by atoms with van der Waals surface area (Å²) in [5.41, 5.74) is 6.91. The second kappa shape index (κ2) is 4.26. The zero-order chi connectivity index (χ0) is 13.5. The van der Waals surface area contributed by atoms with Crippen molar-refractivity contribution < 1.29 is 9.18 Å². The van der Waals surface area contributed by atoms with E-state index in [4.69, 9.17) is 5.73 Å². The average molecular weight is 250 g/mol. The maximum Gasteiger partial charge on any atom is 0.254 e. The summed E-state index contributed by atoms with van der Waals surface area (Å²) >= 11 is 0. The van der Waals surface area contributed by atoms with Crippen molar-refractivity contribution in [2.24, 2.45) is 5.41 Å².